The van der Waals surface area contributed by atoms with Crippen molar-refractivity contribution >= 4 is 28.5 Å². The molecule has 0 radical (unpaired) electrons. The van der Waals surface area contributed by atoms with Crippen molar-refractivity contribution in [1.29, 1.82) is 0 Å². The number of hydrogen-bond donors (Lipinski definition) is 2. The Labute approximate surface area is 189 Å². The van der Waals surface area contributed by atoms with Crippen molar-refractivity contribution in [3.63, 3.8) is 0 Å². The van der Waals surface area contributed by atoms with Gasteiger partial charge in [0.1, 0.15) is 5.82 Å². The van der Waals surface area contributed by atoms with E-state index >= 15 is 0 Å². The van der Waals surface area contributed by atoms with Gasteiger partial charge in [0.15, 0.2) is 12.3 Å². The maximum absolute atomic E-state index is 12.6. The van der Waals surface area contributed by atoms with Gasteiger partial charge in [-0.25, -0.2) is 14.6 Å². The molecular weight excluding hydrogens is 422 g/mol. The summed E-state index contributed by atoms with van der Waals surface area (Å²) in [5, 5.41) is 14.1. The minimum atomic E-state index is -0.815. The van der Waals surface area contributed by atoms with Gasteiger partial charge in [0.05, 0.1) is 16.8 Å². The fourth-order valence-corrected chi connectivity index (χ4v) is 3.25. The molecule has 0 atom stereocenters. The molecule has 33 heavy (non-hydrogen) atoms. The molecule has 0 saturated carbocycles. The molecule has 0 saturated heterocycles. The maximum atomic E-state index is 12.6. The van der Waals surface area contributed by atoms with Gasteiger partial charge < -0.3 is 10.1 Å². The number of aromatic nitrogens is 4. The topological polar surface area (TPSA) is 119 Å². The molecular formula is C24H23N5O4. The quantitative estimate of drug-likeness (QED) is 0.456. The first-order chi connectivity index (χ1) is 15.7. The van der Waals surface area contributed by atoms with E-state index in [9.17, 15) is 14.4 Å². The van der Waals surface area contributed by atoms with Crippen LogP contribution in [0, 0.1) is 0 Å². The van der Waals surface area contributed by atoms with E-state index in [4.69, 9.17) is 4.74 Å². The van der Waals surface area contributed by atoms with Gasteiger partial charge in [0, 0.05) is 16.9 Å². The number of nitrogens with one attached hydrogen (secondary N) is 2. The van der Waals surface area contributed by atoms with Crippen LogP contribution in [0.3, 0.4) is 0 Å². The minimum absolute atomic E-state index is 0.0673. The van der Waals surface area contributed by atoms with Crippen LogP contribution in [0.1, 0.15) is 37.0 Å². The number of esters is 1. The van der Waals surface area contributed by atoms with Crippen LogP contribution in [0.4, 0.5) is 5.82 Å². The molecule has 0 aliphatic heterocycles. The second kappa shape index (κ2) is 8.70. The number of hydrogen-bond acceptors (Lipinski definition) is 6. The van der Waals surface area contributed by atoms with Crippen molar-refractivity contribution in [2.24, 2.45) is 0 Å². The molecule has 0 aliphatic carbocycles. The zero-order chi connectivity index (χ0) is 23.6. The molecule has 9 nitrogen and oxygen atoms in total. The number of ether oxygens (including phenoxy) is 1. The molecule has 0 aliphatic rings. The standard InChI is InChI=1S/C24H23N5O4/c1-24(2,3)18-13-19(29(28-18)15-9-5-4-6-10-15)25-20(30)14-33-23(32)21-16-11-7-8-12-17(16)22(31)27-26-21/h4-13H,14H2,1-3H3,(H,25,30)(H,27,31). The average molecular weight is 445 g/mol. The number of anilines is 1. The SMILES string of the molecule is CC(C)(C)c1cc(NC(=O)COC(=O)c2n[nH]c(=O)c3ccccc23)n(-c2ccccc2)n1. The lowest BCUT2D eigenvalue weighted by Crippen LogP contribution is -2.23. The first-order valence-corrected chi connectivity index (χ1v) is 10.3. The fourth-order valence-electron chi connectivity index (χ4n) is 3.25. The van der Waals surface area contributed by atoms with Gasteiger partial charge in [-0.1, -0.05) is 57.2 Å². The summed E-state index contributed by atoms with van der Waals surface area (Å²) in [5.41, 5.74) is 0.862. The number of H-pyrrole nitrogens is 1. The predicted molar refractivity (Wildman–Crippen MR) is 124 cm³/mol. The Morgan fingerprint density at radius 3 is 2.39 bits per heavy atom. The zero-order valence-corrected chi connectivity index (χ0v) is 18.5. The second-order valence-corrected chi connectivity index (χ2v) is 8.48. The number of fused-ring (bicyclic) bond motifs is 1. The lowest BCUT2D eigenvalue weighted by atomic mass is 9.92. The smallest absolute Gasteiger partial charge is 0.359 e. The van der Waals surface area contributed by atoms with Crippen molar-refractivity contribution in [3.8, 4) is 5.69 Å². The highest BCUT2D eigenvalue weighted by Crippen LogP contribution is 2.26. The molecule has 2 heterocycles. The molecule has 0 bridgehead atoms. The van der Waals surface area contributed by atoms with E-state index in [2.05, 4.69) is 20.6 Å². The van der Waals surface area contributed by atoms with Gasteiger partial charge in [0.25, 0.3) is 11.5 Å². The maximum Gasteiger partial charge on any atom is 0.359 e. The third kappa shape index (κ3) is 4.67. The molecule has 4 aromatic rings. The van der Waals surface area contributed by atoms with Crippen molar-refractivity contribution in [1.82, 2.24) is 20.0 Å². The van der Waals surface area contributed by atoms with Crippen molar-refractivity contribution in [2.45, 2.75) is 26.2 Å². The number of carbonyl (C=O) groups excluding carboxylic acids is 2. The van der Waals surface area contributed by atoms with E-state index in [-0.39, 0.29) is 11.1 Å². The molecule has 2 aromatic heterocycles. The van der Waals surface area contributed by atoms with Gasteiger partial charge in [-0.05, 0) is 18.2 Å². The van der Waals surface area contributed by atoms with Crippen LogP contribution in [0.5, 0.6) is 0 Å². The average Bonchev–Trinajstić information content (AvgIpc) is 3.23. The Morgan fingerprint density at radius 2 is 1.70 bits per heavy atom. The third-order valence-electron chi connectivity index (χ3n) is 4.97. The second-order valence-electron chi connectivity index (χ2n) is 8.48. The van der Waals surface area contributed by atoms with Crippen LogP contribution in [0.15, 0.2) is 65.5 Å². The monoisotopic (exact) mass is 445 g/mol. The molecule has 168 valence electrons. The summed E-state index contributed by atoms with van der Waals surface area (Å²) < 4.78 is 6.80. The number of rotatable bonds is 5. The van der Waals surface area contributed by atoms with E-state index in [1.165, 1.54) is 0 Å². The molecule has 1 amide bonds. The number of carbonyl (C=O) groups is 2. The van der Waals surface area contributed by atoms with Crippen molar-refractivity contribution in [3.05, 3.63) is 82.4 Å². The van der Waals surface area contributed by atoms with Gasteiger partial charge >= 0.3 is 5.97 Å². The summed E-state index contributed by atoms with van der Waals surface area (Å²) >= 11 is 0. The Morgan fingerprint density at radius 1 is 1.03 bits per heavy atom. The lowest BCUT2D eigenvalue weighted by Gasteiger charge is -2.14. The van der Waals surface area contributed by atoms with Crippen LogP contribution in [0.2, 0.25) is 0 Å². The summed E-state index contributed by atoms with van der Waals surface area (Å²) in [7, 11) is 0. The Kier molecular flexibility index (Phi) is 5.78. The van der Waals surface area contributed by atoms with Crippen molar-refractivity contribution < 1.29 is 14.3 Å². The van der Waals surface area contributed by atoms with Crippen LogP contribution in [-0.4, -0.2) is 38.5 Å². The zero-order valence-electron chi connectivity index (χ0n) is 18.5. The number of aromatic amines is 1. The highest BCUT2D eigenvalue weighted by Gasteiger charge is 2.22. The molecule has 0 fully saturated rings. The summed E-state index contributed by atoms with van der Waals surface area (Å²) in [4.78, 5) is 37.0. The molecule has 0 unspecified atom stereocenters. The molecule has 2 aromatic carbocycles. The van der Waals surface area contributed by atoms with Gasteiger partial charge in [0.2, 0.25) is 0 Å². The fraction of sp³-hybridized carbons (Fsp3) is 0.208. The van der Waals surface area contributed by atoms with Crippen LogP contribution >= 0.6 is 0 Å². The van der Waals surface area contributed by atoms with E-state index in [1.807, 2.05) is 51.1 Å². The first kappa shape index (κ1) is 21.9. The van der Waals surface area contributed by atoms with E-state index in [0.717, 1.165) is 11.4 Å². The number of amides is 1. The number of nitrogens with zero attached hydrogens (tertiary/aromatic N) is 3. The highest BCUT2D eigenvalue weighted by atomic mass is 16.5. The predicted octanol–water partition coefficient (Wildman–Crippen LogP) is 3.20. The third-order valence-corrected chi connectivity index (χ3v) is 4.97. The minimum Gasteiger partial charge on any atom is -0.451 e. The van der Waals surface area contributed by atoms with Gasteiger partial charge in [-0.15, -0.1) is 0 Å². The Bertz CT molecular complexity index is 1380. The number of benzene rings is 2. The summed E-state index contributed by atoms with van der Waals surface area (Å²) in [6, 6.07) is 17.7. The molecule has 0 spiro atoms. The van der Waals surface area contributed by atoms with Crippen LogP contribution in [0.25, 0.3) is 16.5 Å². The Hall–Kier alpha value is -4.27. The summed E-state index contributed by atoms with van der Waals surface area (Å²) in [5.74, 6) is -0.890. The number of para-hydroxylation sites is 1. The van der Waals surface area contributed by atoms with Crippen molar-refractivity contribution in [2.75, 3.05) is 11.9 Å². The summed E-state index contributed by atoms with van der Waals surface area (Å²) in [6.07, 6.45) is 0. The van der Waals surface area contributed by atoms with E-state index in [0.29, 0.717) is 16.6 Å². The molecule has 9 heteroatoms. The highest BCUT2D eigenvalue weighted by molar-refractivity contribution is 6.03. The molecule has 4 rings (SSSR count). The summed E-state index contributed by atoms with van der Waals surface area (Å²) in [6.45, 7) is 5.55. The first-order valence-electron chi connectivity index (χ1n) is 10.3. The normalized spacial score (nSPS) is 11.4. The largest absolute Gasteiger partial charge is 0.451 e. The van der Waals surface area contributed by atoms with E-state index in [1.54, 1.807) is 35.0 Å². The van der Waals surface area contributed by atoms with Gasteiger partial charge in [-0.2, -0.15) is 10.2 Å². The lowest BCUT2D eigenvalue weighted by molar-refractivity contribution is -0.119. The molecule has 2 N–H and O–H groups in total. The van der Waals surface area contributed by atoms with Crippen LogP contribution < -0.4 is 10.9 Å². The van der Waals surface area contributed by atoms with Gasteiger partial charge in [-0.3, -0.25) is 9.59 Å². The Balaban J connectivity index is 1.52. The van der Waals surface area contributed by atoms with E-state index < -0.39 is 24.0 Å². The van der Waals surface area contributed by atoms with Crippen LogP contribution in [-0.2, 0) is 14.9 Å².